The SMILES string of the molecule is COC(=O)Nc1ccc(C)n(C(C)C(=O)OC)c1=O. The van der Waals surface area contributed by atoms with E-state index in [1.165, 1.54) is 24.9 Å². The van der Waals surface area contributed by atoms with Crippen molar-refractivity contribution in [3.8, 4) is 0 Å². The largest absolute Gasteiger partial charge is 0.467 e. The monoisotopic (exact) mass is 268 g/mol. The molecule has 1 atom stereocenters. The second kappa shape index (κ2) is 6.03. The zero-order valence-electron chi connectivity index (χ0n) is 11.2. The minimum atomic E-state index is -0.781. The predicted octanol–water partition coefficient (Wildman–Crippen LogP) is 1.07. The summed E-state index contributed by atoms with van der Waals surface area (Å²) in [6, 6.07) is 2.29. The van der Waals surface area contributed by atoms with Gasteiger partial charge in [0.15, 0.2) is 0 Å². The number of aryl methyl sites for hydroxylation is 1. The fourth-order valence-corrected chi connectivity index (χ4v) is 1.66. The van der Waals surface area contributed by atoms with Gasteiger partial charge in [0.2, 0.25) is 0 Å². The molecular weight excluding hydrogens is 252 g/mol. The van der Waals surface area contributed by atoms with Crippen LogP contribution in [0.1, 0.15) is 18.7 Å². The fraction of sp³-hybridized carbons (Fsp3) is 0.417. The van der Waals surface area contributed by atoms with Crippen LogP contribution in [0.4, 0.5) is 10.5 Å². The molecule has 0 saturated carbocycles. The number of rotatable bonds is 3. The minimum absolute atomic E-state index is 0.0354. The molecule has 0 aliphatic heterocycles. The molecule has 0 aliphatic rings. The minimum Gasteiger partial charge on any atom is -0.467 e. The topological polar surface area (TPSA) is 86.6 Å². The van der Waals surface area contributed by atoms with E-state index in [2.05, 4.69) is 14.8 Å². The van der Waals surface area contributed by atoms with Crippen molar-refractivity contribution in [1.82, 2.24) is 4.57 Å². The van der Waals surface area contributed by atoms with E-state index in [0.29, 0.717) is 5.69 Å². The summed E-state index contributed by atoms with van der Waals surface area (Å²) in [5, 5.41) is 2.29. The van der Waals surface area contributed by atoms with Crippen LogP contribution in [0.5, 0.6) is 0 Å². The van der Waals surface area contributed by atoms with Crippen molar-refractivity contribution in [2.75, 3.05) is 19.5 Å². The molecule has 0 fully saturated rings. The Morgan fingerprint density at radius 3 is 2.42 bits per heavy atom. The Morgan fingerprint density at radius 2 is 1.89 bits per heavy atom. The normalized spacial score (nSPS) is 11.6. The van der Waals surface area contributed by atoms with Crippen molar-refractivity contribution in [3.05, 3.63) is 28.2 Å². The Bertz CT molecular complexity index is 550. The maximum Gasteiger partial charge on any atom is 0.411 e. The Labute approximate surface area is 110 Å². The average molecular weight is 268 g/mol. The van der Waals surface area contributed by atoms with Crippen molar-refractivity contribution in [2.45, 2.75) is 19.9 Å². The molecule has 7 heteroatoms. The number of ether oxygens (including phenoxy) is 2. The zero-order valence-corrected chi connectivity index (χ0v) is 11.2. The Morgan fingerprint density at radius 1 is 1.26 bits per heavy atom. The molecule has 1 aromatic rings. The summed E-state index contributed by atoms with van der Waals surface area (Å²) in [6.45, 7) is 3.23. The van der Waals surface area contributed by atoms with Gasteiger partial charge in [-0.25, -0.2) is 9.59 Å². The van der Waals surface area contributed by atoms with Crippen LogP contribution in [0.3, 0.4) is 0 Å². The summed E-state index contributed by atoms with van der Waals surface area (Å²) in [5.74, 6) is -0.541. The van der Waals surface area contributed by atoms with Crippen molar-refractivity contribution in [3.63, 3.8) is 0 Å². The summed E-state index contributed by atoms with van der Waals surface area (Å²) in [7, 11) is 2.44. The van der Waals surface area contributed by atoms with Crippen molar-refractivity contribution in [1.29, 1.82) is 0 Å². The third-order valence-corrected chi connectivity index (χ3v) is 2.67. The molecule has 0 spiro atoms. The highest BCUT2D eigenvalue weighted by atomic mass is 16.5. The number of nitrogens with one attached hydrogen (secondary N) is 1. The van der Waals surface area contributed by atoms with E-state index in [-0.39, 0.29) is 5.69 Å². The molecule has 19 heavy (non-hydrogen) atoms. The number of esters is 1. The van der Waals surface area contributed by atoms with E-state index >= 15 is 0 Å². The van der Waals surface area contributed by atoms with Gasteiger partial charge in [-0.3, -0.25) is 14.7 Å². The molecule has 1 rings (SSSR count). The van der Waals surface area contributed by atoms with Gasteiger partial charge < -0.3 is 9.47 Å². The van der Waals surface area contributed by atoms with Gasteiger partial charge in [0, 0.05) is 5.69 Å². The predicted molar refractivity (Wildman–Crippen MR) is 68.2 cm³/mol. The van der Waals surface area contributed by atoms with Crippen LogP contribution in [0, 0.1) is 6.92 Å². The van der Waals surface area contributed by atoms with Crippen molar-refractivity contribution < 1.29 is 19.1 Å². The molecule has 0 bridgehead atoms. The lowest BCUT2D eigenvalue weighted by Gasteiger charge is -2.17. The molecule has 1 amide bonds. The fourth-order valence-electron chi connectivity index (χ4n) is 1.66. The summed E-state index contributed by atoms with van der Waals surface area (Å²) < 4.78 is 10.3. The summed E-state index contributed by atoms with van der Waals surface area (Å²) >= 11 is 0. The number of nitrogens with zero attached hydrogens (tertiary/aromatic N) is 1. The molecule has 0 radical (unpaired) electrons. The lowest BCUT2D eigenvalue weighted by atomic mass is 10.2. The highest BCUT2D eigenvalue weighted by molar-refractivity contribution is 5.84. The summed E-state index contributed by atoms with van der Waals surface area (Å²) in [5.41, 5.74) is 0.120. The Balaban J connectivity index is 3.25. The van der Waals surface area contributed by atoms with Gasteiger partial charge >= 0.3 is 12.1 Å². The number of hydrogen-bond donors (Lipinski definition) is 1. The third-order valence-electron chi connectivity index (χ3n) is 2.67. The first-order chi connectivity index (χ1) is 8.92. The van der Waals surface area contributed by atoms with E-state index < -0.39 is 23.7 Å². The maximum atomic E-state index is 12.2. The molecule has 1 aromatic heterocycles. The van der Waals surface area contributed by atoms with Crippen molar-refractivity contribution >= 4 is 17.7 Å². The first-order valence-electron chi connectivity index (χ1n) is 5.57. The second-order valence-corrected chi connectivity index (χ2v) is 3.88. The molecule has 0 aliphatic carbocycles. The number of hydrogen-bond acceptors (Lipinski definition) is 5. The Hall–Kier alpha value is -2.31. The maximum absolute atomic E-state index is 12.2. The van der Waals surface area contributed by atoms with E-state index in [1.54, 1.807) is 19.9 Å². The molecular formula is C12H16N2O5. The number of methoxy groups -OCH3 is 2. The Kier molecular flexibility index (Phi) is 4.68. The second-order valence-electron chi connectivity index (χ2n) is 3.88. The molecule has 0 saturated heterocycles. The number of amides is 1. The molecule has 104 valence electrons. The average Bonchev–Trinajstić information content (AvgIpc) is 2.40. The molecule has 1 unspecified atom stereocenters. The number of pyridine rings is 1. The standard InChI is InChI=1S/C12H16N2O5/c1-7-5-6-9(13-12(17)19-4)10(15)14(7)8(2)11(16)18-3/h5-6,8H,1-4H3,(H,13,17). The first kappa shape index (κ1) is 14.7. The quantitative estimate of drug-likeness (QED) is 0.828. The summed E-state index contributed by atoms with van der Waals surface area (Å²) in [6.07, 6.45) is -0.752. The van der Waals surface area contributed by atoms with Crippen molar-refractivity contribution in [2.24, 2.45) is 0 Å². The molecule has 1 heterocycles. The zero-order chi connectivity index (χ0) is 14.6. The van der Waals surface area contributed by atoms with Crippen LogP contribution >= 0.6 is 0 Å². The number of anilines is 1. The van der Waals surface area contributed by atoms with Crippen LogP contribution in [0.15, 0.2) is 16.9 Å². The van der Waals surface area contributed by atoms with E-state index in [1.807, 2.05) is 0 Å². The van der Waals surface area contributed by atoms with E-state index in [9.17, 15) is 14.4 Å². The lowest BCUT2D eigenvalue weighted by Crippen LogP contribution is -2.32. The molecule has 7 nitrogen and oxygen atoms in total. The van der Waals surface area contributed by atoms with E-state index in [0.717, 1.165) is 0 Å². The first-order valence-corrected chi connectivity index (χ1v) is 5.57. The van der Waals surface area contributed by atoms with E-state index in [4.69, 9.17) is 0 Å². The highest BCUT2D eigenvalue weighted by Crippen LogP contribution is 2.11. The third kappa shape index (κ3) is 3.12. The van der Waals surface area contributed by atoms with Gasteiger partial charge in [0.1, 0.15) is 11.7 Å². The number of aromatic nitrogens is 1. The van der Waals surface area contributed by atoms with Crippen LogP contribution in [0.25, 0.3) is 0 Å². The van der Waals surface area contributed by atoms with Gasteiger partial charge in [-0.1, -0.05) is 0 Å². The van der Waals surface area contributed by atoms with Crippen LogP contribution in [-0.2, 0) is 14.3 Å². The number of carbonyl (C=O) groups is 2. The summed E-state index contributed by atoms with van der Waals surface area (Å²) in [4.78, 5) is 34.8. The highest BCUT2D eigenvalue weighted by Gasteiger charge is 2.20. The molecule has 0 aromatic carbocycles. The lowest BCUT2D eigenvalue weighted by molar-refractivity contribution is -0.144. The van der Waals surface area contributed by atoms with Gasteiger partial charge in [-0.2, -0.15) is 0 Å². The smallest absolute Gasteiger partial charge is 0.411 e. The van der Waals surface area contributed by atoms with Crippen LogP contribution in [0.2, 0.25) is 0 Å². The van der Waals surface area contributed by atoms with Gasteiger partial charge in [-0.15, -0.1) is 0 Å². The van der Waals surface area contributed by atoms with Gasteiger partial charge in [0.05, 0.1) is 14.2 Å². The van der Waals surface area contributed by atoms with Gasteiger partial charge in [0.25, 0.3) is 5.56 Å². The van der Waals surface area contributed by atoms with Gasteiger partial charge in [-0.05, 0) is 26.0 Å². The van der Waals surface area contributed by atoms with Crippen LogP contribution < -0.4 is 10.9 Å². The molecule has 1 N–H and O–H groups in total. The number of carbonyl (C=O) groups excluding carboxylic acids is 2. The van der Waals surface area contributed by atoms with Crippen LogP contribution in [-0.4, -0.2) is 30.8 Å².